The van der Waals surface area contributed by atoms with E-state index in [2.05, 4.69) is 13.0 Å². The zero-order valence-electron chi connectivity index (χ0n) is 12.5. The highest BCUT2D eigenvalue weighted by Crippen LogP contribution is 2.61. The molecule has 0 bridgehead atoms. The second-order valence-electron chi connectivity index (χ2n) is 8.17. The van der Waals surface area contributed by atoms with Crippen LogP contribution in [0.4, 0.5) is 0 Å². The predicted octanol–water partition coefficient (Wildman–Crippen LogP) is 3.14. The summed E-state index contributed by atoms with van der Waals surface area (Å²) in [5.41, 5.74) is 0.200. The number of fused-ring (bicyclic) bond motifs is 5. The Kier molecular flexibility index (Phi) is 3.05. The van der Waals surface area contributed by atoms with Gasteiger partial charge in [0.05, 0.1) is 12.2 Å². The van der Waals surface area contributed by atoms with E-state index < -0.39 is 0 Å². The first kappa shape index (κ1) is 13.3. The molecule has 4 unspecified atom stereocenters. The van der Waals surface area contributed by atoms with E-state index in [1.165, 1.54) is 32.1 Å². The van der Waals surface area contributed by atoms with Crippen molar-refractivity contribution in [2.75, 3.05) is 0 Å². The van der Waals surface area contributed by atoms with Crippen LogP contribution >= 0.6 is 0 Å². The molecule has 0 aromatic carbocycles. The van der Waals surface area contributed by atoms with Gasteiger partial charge in [-0.1, -0.05) is 19.1 Å². The Labute approximate surface area is 122 Å². The van der Waals surface area contributed by atoms with Crippen molar-refractivity contribution in [3.8, 4) is 0 Å². The van der Waals surface area contributed by atoms with Crippen molar-refractivity contribution >= 4 is 0 Å². The van der Waals surface area contributed by atoms with Gasteiger partial charge in [-0.2, -0.15) is 0 Å². The molecular formula is C18H28O2. The van der Waals surface area contributed by atoms with Crippen LogP contribution in [0.5, 0.6) is 0 Å². The van der Waals surface area contributed by atoms with Crippen LogP contribution in [0.1, 0.15) is 51.9 Å². The van der Waals surface area contributed by atoms with Gasteiger partial charge in [0.25, 0.3) is 0 Å². The monoisotopic (exact) mass is 276 g/mol. The molecule has 20 heavy (non-hydrogen) atoms. The molecule has 112 valence electrons. The Morgan fingerprint density at radius 3 is 2.65 bits per heavy atom. The minimum Gasteiger partial charge on any atom is -0.393 e. The van der Waals surface area contributed by atoms with Gasteiger partial charge in [0.15, 0.2) is 0 Å². The Balaban J connectivity index is 1.61. The highest BCUT2D eigenvalue weighted by atomic mass is 16.3. The minimum atomic E-state index is -0.199. The summed E-state index contributed by atoms with van der Waals surface area (Å²) in [6.45, 7) is 2.35. The number of hydrogen-bond donors (Lipinski definition) is 2. The minimum absolute atomic E-state index is 0.0603. The molecule has 0 aliphatic heterocycles. The smallest absolute Gasteiger partial charge is 0.0723 e. The van der Waals surface area contributed by atoms with E-state index in [1.807, 2.05) is 6.08 Å². The fourth-order valence-corrected chi connectivity index (χ4v) is 6.35. The summed E-state index contributed by atoms with van der Waals surface area (Å²) in [4.78, 5) is 0. The maximum atomic E-state index is 10.4. The molecule has 0 aromatic heterocycles. The van der Waals surface area contributed by atoms with E-state index in [0.29, 0.717) is 11.8 Å². The lowest BCUT2D eigenvalue weighted by molar-refractivity contribution is -0.0703. The number of aliphatic hydroxyl groups excluding tert-OH is 2. The Morgan fingerprint density at radius 2 is 1.80 bits per heavy atom. The molecule has 0 heterocycles. The van der Waals surface area contributed by atoms with E-state index in [-0.39, 0.29) is 17.6 Å². The first-order chi connectivity index (χ1) is 9.59. The van der Waals surface area contributed by atoms with Crippen molar-refractivity contribution < 1.29 is 10.2 Å². The number of allylic oxidation sites excluding steroid dienone is 1. The third-order valence-corrected chi connectivity index (χ3v) is 7.45. The van der Waals surface area contributed by atoms with Crippen LogP contribution in [-0.2, 0) is 0 Å². The van der Waals surface area contributed by atoms with Crippen molar-refractivity contribution in [3.63, 3.8) is 0 Å². The summed E-state index contributed by atoms with van der Waals surface area (Å²) in [7, 11) is 0. The van der Waals surface area contributed by atoms with E-state index in [9.17, 15) is 10.2 Å². The maximum Gasteiger partial charge on any atom is 0.0723 e. The van der Waals surface area contributed by atoms with Crippen LogP contribution in [0.15, 0.2) is 12.2 Å². The summed E-state index contributed by atoms with van der Waals surface area (Å²) in [6, 6.07) is 0. The fraction of sp³-hybridized carbons (Fsp3) is 0.889. The maximum absolute atomic E-state index is 10.4. The van der Waals surface area contributed by atoms with Gasteiger partial charge in [0.1, 0.15) is 0 Å². The van der Waals surface area contributed by atoms with Crippen LogP contribution in [0.2, 0.25) is 0 Å². The average Bonchev–Trinajstić information content (AvgIpc) is 2.74. The molecule has 2 heteroatoms. The van der Waals surface area contributed by atoms with Crippen molar-refractivity contribution in [3.05, 3.63) is 12.2 Å². The summed E-state index contributed by atoms with van der Waals surface area (Å²) >= 11 is 0. The van der Waals surface area contributed by atoms with E-state index >= 15 is 0 Å². The van der Waals surface area contributed by atoms with Gasteiger partial charge < -0.3 is 10.2 Å². The normalized spacial score (nSPS) is 57.9. The van der Waals surface area contributed by atoms with Crippen molar-refractivity contribution in [1.29, 1.82) is 0 Å². The molecule has 0 amide bonds. The summed E-state index contributed by atoms with van der Waals surface area (Å²) in [5.74, 6) is 3.82. The molecule has 3 fully saturated rings. The first-order valence-corrected chi connectivity index (χ1v) is 8.64. The summed E-state index contributed by atoms with van der Waals surface area (Å²) in [5, 5.41) is 20.2. The highest BCUT2D eigenvalue weighted by molar-refractivity contribution is 5.11. The number of rotatable bonds is 0. The lowest BCUT2D eigenvalue weighted by Crippen LogP contribution is -2.48. The number of aliphatic hydroxyl groups is 2. The molecule has 0 aromatic rings. The molecule has 0 spiro atoms. The van der Waals surface area contributed by atoms with E-state index in [4.69, 9.17) is 0 Å². The fourth-order valence-electron chi connectivity index (χ4n) is 6.35. The van der Waals surface area contributed by atoms with Crippen LogP contribution in [0.25, 0.3) is 0 Å². The molecule has 0 radical (unpaired) electrons. The summed E-state index contributed by atoms with van der Waals surface area (Å²) < 4.78 is 0. The van der Waals surface area contributed by atoms with Crippen LogP contribution in [0.3, 0.4) is 0 Å². The Bertz CT molecular complexity index is 418. The second kappa shape index (κ2) is 4.58. The third-order valence-electron chi connectivity index (χ3n) is 7.45. The molecular weight excluding hydrogens is 248 g/mol. The standard InChI is InChI=1S/C18H28O2/c1-18-9-8-14-13-5-3-12(19)10-11(13)2-4-15(14)16(18)6-7-17(18)20/h3,5,11-17,19-20H,2,4,6-10H2,1H3/t11-,12+,13?,14?,15?,16?,17+,18+/m1/s1. The predicted molar refractivity (Wildman–Crippen MR) is 79.0 cm³/mol. The van der Waals surface area contributed by atoms with Crippen molar-refractivity contribution in [2.45, 2.75) is 64.1 Å². The van der Waals surface area contributed by atoms with Gasteiger partial charge in [-0.05, 0) is 80.0 Å². The van der Waals surface area contributed by atoms with Crippen molar-refractivity contribution in [1.82, 2.24) is 0 Å². The SMILES string of the molecule is C[C@]12CCC3C(CC[C@@H]4C[C@@H](O)C=CC34)C1CC[C@@H]2O. The largest absolute Gasteiger partial charge is 0.393 e. The Morgan fingerprint density at radius 1 is 0.950 bits per heavy atom. The second-order valence-corrected chi connectivity index (χ2v) is 8.17. The number of hydrogen-bond acceptors (Lipinski definition) is 2. The molecule has 4 aliphatic rings. The topological polar surface area (TPSA) is 40.5 Å². The zero-order valence-corrected chi connectivity index (χ0v) is 12.5. The van der Waals surface area contributed by atoms with Gasteiger partial charge in [-0.25, -0.2) is 0 Å². The van der Waals surface area contributed by atoms with Crippen LogP contribution < -0.4 is 0 Å². The van der Waals surface area contributed by atoms with Gasteiger partial charge in [-0.15, -0.1) is 0 Å². The summed E-state index contributed by atoms with van der Waals surface area (Å²) in [6.07, 6.45) is 12.5. The quantitative estimate of drug-likeness (QED) is 0.667. The molecule has 2 N–H and O–H groups in total. The van der Waals surface area contributed by atoms with Gasteiger partial charge >= 0.3 is 0 Å². The Hall–Kier alpha value is -0.340. The average molecular weight is 276 g/mol. The molecule has 0 saturated heterocycles. The highest BCUT2D eigenvalue weighted by Gasteiger charge is 2.56. The van der Waals surface area contributed by atoms with Gasteiger partial charge in [-0.3, -0.25) is 0 Å². The lowest BCUT2D eigenvalue weighted by Gasteiger charge is -2.54. The molecule has 8 atom stereocenters. The molecule has 2 nitrogen and oxygen atoms in total. The first-order valence-electron chi connectivity index (χ1n) is 8.64. The molecule has 3 saturated carbocycles. The van der Waals surface area contributed by atoms with E-state index in [1.54, 1.807) is 0 Å². The van der Waals surface area contributed by atoms with Crippen molar-refractivity contribution in [2.24, 2.45) is 35.0 Å². The van der Waals surface area contributed by atoms with E-state index in [0.717, 1.165) is 30.6 Å². The zero-order chi connectivity index (χ0) is 13.9. The lowest BCUT2D eigenvalue weighted by atomic mass is 9.51. The van der Waals surface area contributed by atoms with Crippen LogP contribution in [0, 0.1) is 35.0 Å². The van der Waals surface area contributed by atoms with Gasteiger partial charge in [0.2, 0.25) is 0 Å². The molecule has 4 rings (SSSR count). The van der Waals surface area contributed by atoms with Gasteiger partial charge in [0, 0.05) is 0 Å². The third kappa shape index (κ3) is 1.77. The molecule has 4 aliphatic carbocycles. The van der Waals surface area contributed by atoms with Crippen LogP contribution in [-0.4, -0.2) is 22.4 Å².